The molecular formula is C20H24O5. The first-order valence-electron chi connectivity index (χ1n) is 8.73. The molecule has 2 unspecified atom stereocenters. The van der Waals surface area contributed by atoms with Crippen LogP contribution >= 0.6 is 0 Å². The Morgan fingerprint density at radius 2 is 2.00 bits per heavy atom. The van der Waals surface area contributed by atoms with Gasteiger partial charge in [0.25, 0.3) is 0 Å². The van der Waals surface area contributed by atoms with Gasteiger partial charge in [0.1, 0.15) is 11.7 Å². The maximum Gasteiger partial charge on any atom is 0.231 e. The molecule has 0 spiro atoms. The molecular weight excluding hydrogens is 320 g/mol. The molecule has 5 heteroatoms. The lowest BCUT2D eigenvalue weighted by Crippen LogP contribution is -2.55. The first-order chi connectivity index (χ1) is 12.1. The third-order valence-corrected chi connectivity index (χ3v) is 5.75. The number of aliphatic hydroxyl groups excluding tert-OH is 1. The Bertz CT molecular complexity index is 744. The van der Waals surface area contributed by atoms with Gasteiger partial charge in [-0.25, -0.2) is 0 Å². The Labute approximate surface area is 147 Å². The van der Waals surface area contributed by atoms with Gasteiger partial charge in [0.2, 0.25) is 6.79 Å². The van der Waals surface area contributed by atoms with Crippen molar-refractivity contribution in [1.29, 1.82) is 0 Å². The predicted molar refractivity (Wildman–Crippen MR) is 93.6 cm³/mol. The number of fused-ring (bicyclic) bond motifs is 1. The Morgan fingerprint density at radius 3 is 2.72 bits per heavy atom. The Hall–Kier alpha value is -1.82. The summed E-state index contributed by atoms with van der Waals surface area (Å²) in [7, 11) is 1.65. The normalized spacial score (nSPS) is 31.4. The van der Waals surface area contributed by atoms with Crippen LogP contribution < -0.4 is 9.47 Å². The van der Waals surface area contributed by atoms with E-state index in [1.165, 1.54) is 0 Å². The highest BCUT2D eigenvalue weighted by Gasteiger charge is 2.51. The van der Waals surface area contributed by atoms with Crippen LogP contribution in [-0.2, 0) is 9.47 Å². The number of allylic oxidation sites excluding steroid dienone is 2. The largest absolute Gasteiger partial charge is 0.454 e. The van der Waals surface area contributed by atoms with Crippen molar-refractivity contribution in [2.75, 3.05) is 20.5 Å². The zero-order valence-electron chi connectivity index (χ0n) is 14.9. The minimum atomic E-state index is -0.819. The zero-order valence-corrected chi connectivity index (χ0v) is 14.9. The molecule has 1 fully saturated rings. The van der Waals surface area contributed by atoms with Crippen LogP contribution in [0.1, 0.15) is 32.3 Å². The lowest BCUT2D eigenvalue weighted by molar-refractivity contribution is -0.134. The fourth-order valence-corrected chi connectivity index (χ4v) is 4.25. The van der Waals surface area contributed by atoms with E-state index in [4.69, 9.17) is 18.9 Å². The average Bonchev–Trinajstić information content (AvgIpc) is 3.30. The van der Waals surface area contributed by atoms with Gasteiger partial charge in [-0.1, -0.05) is 6.07 Å². The van der Waals surface area contributed by atoms with E-state index in [0.717, 1.165) is 46.6 Å². The molecule has 0 aromatic heterocycles. The Kier molecular flexibility index (Phi) is 4.10. The molecule has 25 heavy (non-hydrogen) atoms. The molecule has 0 saturated carbocycles. The topological polar surface area (TPSA) is 57.2 Å². The van der Waals surface area contributed by atoms with Gasteiger partial charge >= 0.3 is 0 Å². The molecule has 4 rings (SSSR count). The number of hydrogen-bond donors (Lipinski definition) is 1. The molecule has 3 aliphatic rings. The molecule has 2 aliphatic heterocycles. The molecule has 3 atom stereocenters. The van der Waals surface area contributed by atoms with Gasteiger partial charge in [0, 0.05) is 13.7 Å². The summed E-state index contributed by atoms with van der Waals surface area (Å²) in [4.78, 5) is 0. The summed E-state index contributed by atoms with van der Waals surface area (Å²) in [5.74, 6) is 1.49. The van der Waals surface area contributed by atoms with Crippen molar-refractivity contribution in [3.63, 3.8) is 0 Å². The molecule has 1 saturated heterocycles. The fraction of sp³-hybridized carbons (Fsp3) is 0.500. The van der Waals surface area contributed by atoms with Crippen LogP contribution in [0.2, 0.25) is 0 Å². The molecule has 0 radical (unpaired) electrons. The maximum absolute atomic E-state index is 11.0. The van der Waals surface area contributed by atoms with Gasteiger partial charge < -0.3 is 24.1 Å². The van der Waals surface area contributed by atoms with Gasteiger partial charge in [0.15, 0.2) is 11.5 Å². The SMILES string of the molecule is CO[C@]1(C2CCCO2)C(C)=C(C)C(c2ccc3c(c2)OCO3)=CC1O. The molecule has 0 amide bonds. The summed E-state index contributed by atoms with van der Waals surface area (Å²) in [6, 6.07) is 5.87. The Balaban J connectivity index is 1.76. The van der Waals surface area contributed by atoms with Gasteiger partial charge in [-0.3, -0.25) is 0 Å². The highest BCUT2D eigenvalue weighted by atomic mass is 16.7. The van der Waals surface area contributed by atoms with Gasteiger partial charge in [-0.05, 0) is 67.2 Å². The standard InChI is InChI=1S/C20H24O5/c1-12-13(2)20(22-3,19-5-4-8-23-19)18(21)10-15(12)14-6-7-16-17(9-14)25-11-24-16/h6-7,9-10,18-19,21H,4-5,8,11H2,1-3H3/t18?,19?,20-/m1/s1. The average molecular weight is 344 g/mol. The summed E-state index contributed by atoms with van der Waals surface area (Å²) >= 11 is 0. The number of aliphatic hydroxyl groups is 1. The van der Waals surface area contributed by atoms with Gasteiger partial charge in [-0.2, -0.15) is 0 Å². The number of hydrogen-bond acceptors (Lipinski definition) is 5. The summed E-state index contributed by atoms with van der Waals surface area (Å²) in [5, 5.41) is 11.0. The highest BCUT2D eigenvalue weighted by molar-refractivity contribution is 5.83. The Morgan fingerprint density at radius 1 is 1.20 bits per heavy atom. The third-order valence-electron chi connectivity index (χ3n) is 5.75. The van der Waals surface area contributed by atoms with E-state index in [-0.39, 0.29) is 12.9 Å². The highest BCUT2D eigenvalue weighted by Crippen LogP contribution is 2.45. The smallest absolute Gasteiger partial charge is 0.231 e. The van der Waals surface area contributed by atoms with Crippen LogP contribution in [0, 0.1) is 0 Å². The van der Waals surface area contributed by atoms with Crippen molar-refractivity contribution in [2.24, 2.45) is 0 Å². The first-order valence-corrected chi connectivity index (χ1v) is 8.73. The van der Waals surface area contributed by atoms with Crippen molar-refractivity contribution < 1.29 is 24.1 Å². The summed E-state index contributed by atoms with van der Waals surface area (Å²) in [5.41, 5.74) is 3.29. The van der Waals surface area contributed by atoms with E-state index in [1.807, 2.05) is 31.2 Å². The molecule has 0 bridgehead atoms. The van der Waals surface area contributed by atoms with Crippen molar-refractivity contribution in [1.82, 2.24) is 0 Å². The van der Waals surface area contributed by atoms with Crippen molar-refractivity contribution in [2.45, 2.75) is 44.5 Å². The van der Waals surface area contributed by atoms with Gasteiger partial charge in [0.05, 0.1) is 6.10 Å². The van der Waals surface area contributed by atoms with Crippen LogP contribution in [0.15, 0.2) is 35.4 Å². The molecule has 134 valence electrons. The second kappa shape index (κ2) is 6.16. The lowest BCUT2D eigenvalue weighted by Gasteiger charge is -2.44. The minimum Gasteiger partial charge on any atom is -0.454 e. The lowest BCUT2D eigenvalue weighted by atomic mass is 9.73. The minimum absolute atomic E-state index is 0.128. The zero-order chi connectivity index (χ0) is 17.6. The number of rotatable bonds is 3. The quantitative estimate of drug-likeness (QED) is 0.913. The summed E-state index contributed by atoms with van der Waals surface area (Å²) < 4.78 is 22.7. The maximum atomic E-state index is 11.0. The molecule has 2 heterocycles. The van der Waals surface area contributed by atoms with E-state index in [1.54, 1.807) is 7.11 Å². The predicted octanol–water partition coefficient (Wildman–Crippen LogP) is 3.07. The number of methoxy groups -OCH3 is 1. The van der Waals surface area contributed by atoms with E-state index >= 15 is 0 Å². The first kappa shape index (κ1) is 16.6. The molecule has 1 aromatic carbocycles. The molecule has 5 nitrogen and oxygen atoms in total. The summed E-state index contributed by atoms with van der Waals surface area (Å²) in [6.07, 6.45) is 2.86. The van der Waals surface area contributed by atoms with Crippen LogP contribution in [0.4, 0.5) is 0 Å². The number of ether oxygens (including phenoxy) is 4. The van der Waals surface area contributed by atoms with Crippen LogP contribution in [0.25, 0.3) is 5.57 Å². The van der Waals surface area contributed by atoms with E-state index in [9.17, 15) is 5.11 Å². The van der Waals surface area contributed by atoms with E-state index in [0.29, 0.717) is 6.61 Å². The second-order valence-electron chi connectivity index (χ2n) is 6.84. The summed E-state index contributed by atoms with van der Waals surface area (Å²) in [6.45, 7) is 5.07. The van der Waals surface area contributed by atoms with Crippen molar-refractivity contribution in [3.05, 3.63) is 41.0 Å². The van der Waals surface area contributed by atoms with Crippen molar-refractivity contribution in [3.8, 4) is 11.5 Å². The van der Waals surface area contributed by atoms with E-state index in [2.05, 4.69) is 6.92 Å². The van der Waals surface area contributed by atoms with E-state index < -0.39 is 11.7 Å². The second-order valence-corrected chi connectivity index (χ2v) is 6.84. The van der Waals surface area contributed by atoms with Crippen LogP contribution in [0.3, 0.4) is 0 Å². The molecule has 1 aliphatic carbocycles. The van der Waals surface area contributed by atoms with Crippen LogP contribution in [0.5, 0.6) is 11.5 Å². The van der Waals surface area contributed by atoms with Crippen LogP contribution in [-0.4, -0.2) is 43.4 Å². The third kappa shape index (κ3) is 2.41. The molecule has 1 aromatic rings. The van der Waals surface area contributed by atoms with Crippen molar-refractivity contribution >= 4 is 5.57 Å². The van der Waals surface area contributed by atoms with Gasteiger partial charge in [-0.15, -0.1) is 0 Å². The fourth-order valence-electron chi connectivity index (χ4n) is 4.25. The monoisotopic (exact) mass is 344 g/mol. The number of benzene rings is 1. The molecule has 1 N–H and O–H groups in total.